The zero-order valence-corrected chi connectivity index (χ0v) is 7.08. The van der Waals surface area contributed by atoms with Crippen LogP contribution >= 0.6 is 11.3 Å². The molecule has 4 nitrogen and oxygen atoms in total. The molecule has 0 fully saturated rings. The molecule has 5 heteroatoms. The average molecular weight is 178 g/mol. The highest BCUT2D eigenvalue weighted by Crippen LogP contribution is 2.28. The van der Waals surface area contributed by atoms with Crippen molar-refractivity contribution >= 4 is 28.5 Å². The first-order valence-electron chi connectivity index (χ1n) is 3.74. The predicted molar refractivity (Wildman–Crippen MR) is 48.4 cm³/mol. The highest BCUT2D eigenvalue weighted by atomic mass is 32.1. The molecule has 12 heavy (non-hydrogen) atoms. The quantitative estimate of drug-likeness (QED) is 0.591. The van der Waals surface area contributed by atoms with E-state index < -0.39 is 0 Å². The van der Waals surface area contributed by atoms with E-state index in [1.165, 1.54) is 0 Å². The average Bonchev–Trinajstić information content (AvgIpc) is 2.71. The standard InChI is InChI=1S/C7H6N4S/c1-2-11-3-9-7-5(6(11)8-1)10-4-12-7/h3-4H,1-2H2. The van der Waals surface area contributed by atoms with Crippen LogP contribution in [0.5, 0.6) is 0 Å². The van der Waals surface area contributed by atoms with Crippen LogP contribution in [0.3, 0.4) is 0 Å². The lowest BCUT2D eigenvalue weighted by molar-refractivity contribution is 0.679. The maximum atomic E-state index is 4.37. The monoisotopic (exact) mass is 178 g/mol. The van der Waals surface area contributed by atoms with Gasteiger partial charge in [-0.3, -0.25) is 4.99 Å². The Hall–Kier alpha value is -1.23. The summed E-state index contributed by atoms with van der Waals surface area (Å²) >= 11 is 1.56. The Morgan fingerprint density at radius 2 is 2.50 bits per heavy atom. The predicted octanol–water partition coefficient (Wildman–Crippen LogP) is 0.879. The minimum Gasteiger partial charge on any atom is -0.314 e. The Bertz CT molecular complexity index is 379. The highest BCUT2D eigenvalue weighted by Gasteiger charge is 2.25. The maximum absolute atomic E-state index is 4.37. The highest BCUT2D eigenvalue weighted by molar-refractivity contribution is 7.14. The molecule has 0 N–H and O–H groups in total. The van der Waals surface area contributed by atoms with Crippen molar-refractivity contribution < 1.29 is 0 Å². The molecule has 0 aromatic carbocycles. The third-order valence-electron chi connectivity index (χ3n) is 1.95. The second kappa shape index (κ2) is 2.13. The van der Waals surface area contributed by atoms with Crippen LogP contribution in [0.1, 0.15) is 5.69 Å². The van der Waals surface area contributed by atoms with E-state index in [2.05, 4.69) is 15.0 Å². The summed E-state index contributed by atoms with van der Waals surface area (Å²) in [5.74, 6) is 0.987. The van der Waals surface area contributed by atoms with Gasteiger partial charge in [0.15, 0.2) is 5.84 Å². The molecule has 0 bridgehead atoms. The summed E-state index contributed by atoms with van der Waals surface area (Å²) in [6.45, 7) is 1.80. The number of nitrogens with zero attached hydrogens (tertiary/aromatic N) is 4. The molecule has 0 unspecified atom stereocenters. The molecule has 0 aliphatic carbocycles. The van der Waals surface area contributed by atoms with Crippen molar-refractivity contribution in [1.29, 1.82) is 0 Å². The van der Waals surface area contributed by atoms with Gasteiger partial charge in [0.05, 0.1) is 18.4 Å². The molecule has 0 amide bonds. The van der Waals surface area contributed by atoms with Crippen molar-refractivity contribution in [1.82, 2.24) is 9.88 Å². The number of aromatic nitrogens is 1. The molecule has 2 aliphatic heterocycles. The van der Waals surface area contributed by atoms with Gasteiger partial charge in [0.25, 0.3) is 0 Å². The molecular weight excluding hydrogens is 172 g/mol. The number of rotatable bonds is 0. The summed E-state index contributed by atoms with van der Waals surface area (Å²) in [6, 6.07) is 0. The van der Waals surface area contributed by atoms with Gasteiger partial charge < -0.3 is 4.90 Å². The molecule has 3 rings (SSSR count). The van der Waals surface area contributed by atoms with Crippen LogP contribution in [-0.4, -0.2) is 35.1 Å². The minimum atomic E-state index is 0.859. The summed E-state index contributed by atoms with van der Waals surface area (Å²) < 4.78 is 0. The van der Waals surface area contributed by atoms with Gasteiger partial charge in [-0.25, -0.2) is 9.98 Å². The van der Waals surface area contributed by atoms with Crippen LogP contribution < -0.4 is 0 Å². The Morgan fingerprint density at radius 1 is 1.50 bits per heavy atom. The molecule has 60 valence electrons. The van der Waals surface area contributed by atoms with E-state index in [1.807, 2.05) is 16.7 Å². The SMILES string of the molecule is C1=Nc2scnc2C2=NCCN12. The van der Waals surface area contributed by atoms with Crippen molar-refractivity contribution in [2.24, 2.45) is 9.98 Å². The van der Waals surface area contributed by atoms with Crippen molar-refractivity contribution in [3.05, 3.63) is 11.2 Å². The Kier molecular flexibility index (Phi) is 1.12. The fourth-order valence-corrected chi connectivity index (χ4v) is 2.01. The summed E-state index contributed by atoms with van der Waals surface area (Å²) in [7, 11) is 0. The number of thiazole rings is 1. The number of hydrogen-bond acceptors (Lipinski definition) is 5. The maximum Gasteiger partial charge on any atom is 0.158 e. The largest absolute Gasteiger partial charge is 0.314 e. The normalized spacial score (nSPS) is 19.0. The van der Waals surface area contributed by atoms with E-state index in [0.29, 0.717) is 0 Å². The molecule has 0 saturated carbocycles. The molecule has 1 aromatic heterocycles. The smallest absolute Gasteiger partial charge is 0.158 e. The molecule has 1 aromatic rings. The lowest BCUT2D eigenvalue weighted by atomic mass is 10.3. The van der Waals surface area contributed by atoms with Gasteiger partial charge in [-0.1, -0.05) is 0 Å². The second-order valence-corrected chi connectivity index (χ2v) is 3.48. The number of aliphatic imine (C=N–C) groups is 2. The van der Waals surface area contributed by atoms with Gasteiger partial charge in [-0.2, -0.15) is 0 Å². The molecule has 0 atom stereocenters. The van der Waals surface area contributed by atoms with Gasteiger partial charge in [0.1, 0.15) is 10.7 Å². The summed E-state index contributed by atoms with van der Waals surface area (Å²) in [5.41, 5.74) is 2.76. The van der Waals surface area contributed by atoms with Crippen LogP contribution in [0.2, 0.25) is 0 Å². The van der Waals surface area contributed by atoms with Crippen LogP contribution in [0, 0.1) is 0 Å². The van der Waals surface area contributed by atoms with Gasteiger partial charge in [0, 0.05) is 6.54 Å². The van der Waals surface area contributed by atoms with Crippen molar-refractivity contribution in [2.45, 2.75) is 0 Å². The summed E-state index contributed by atoms with van der Waals surface area (Å²) in [5, 5.41) is 0.979. The number of fused-ring (bicyclic) bond motifs is 3. The lowest BCUT2D eigenvalue weighted by Gasteiger charge is -2.16. The van der Waals surface area contributed by atoms with Crippen LogP contribution in [0.25, 0.3) is 0 Å². The molecule has 0 saturated heterocycles. The van der Waals surface area contributed by atoms with Crippen molar-refractivity contribution in [3.8, 4) is 0 Å². The second-order valence-electron chi connectivity index (χ2n) is 2.65. The topological polar surface area (TPSA) is 40.9 Å². The third-order valence-corrected chi connectivity index (χ3v) is 2.68. The Morgan fingerprint density at radius 3 is 3.50 bits per heavy atom. The van der Waals surface area contributed by atoms with E-state index in [1.54, 1.807) is 11.3 Å². The van der Waals surface area contributed by atoms with Crippen LogP contribution in [-0.2, 0) is 0 Å². The molecule has 0 radical (unpaired) electrons. The first-order valence-corrected chi connectivity index (χ1v) is 4.62. The van der Waals surface area contributed by atoms with Gasteiger partial charge in [0.2, 0.25) is 0 Å². The fraction of sp³-hybridized carbons (Fsp3) is 0.286. The zero-order chi connectivity index (χ0) is 7.97. The summed E-state index contributed by atoms with van der Waals surface area (Å²) in [4.78, 5) is 14.9. The van der Waals surface area contributed by atoms with Crippen molar-refractivity contribution in [2.75, 3.05) is 13.1 Å². The molecule has 0 spiro atoms. The van der Waals surface area contributed by atoms with E-state index in [9.17, 15) is 0 Å². The fourth-order valence-electron chi connectivity index (χ4n) is 1.39. The number of hydrogen-bond donors (Lipinski definition) is 0. The van der Waals surface area contributed by atoms with E-state index >= 15 is 0 Å². The van der Waals surface area contributed by atoms with Crippen molar-refractivity contribution in [3.63, 3.8) is 0 Å². The minimum absolute atomic E-state index is 0.859. The molecule has 2 aliphatic rings. The van der Waals surface area contributed by atoms with Gasteiger partial charge >= 0.3 is 0 Å². The van der Waals surface area contributed by atoms with Gasteiger partial charge in [-0.15, -0.1) is 11.3 Å². The first kappa shape index (κ1) is 6.30. The Balaban J connectivity index is 2.23. The zero-order valence-electron chi connectivity index (χ0n) is 6.27. The van der Waals surface area contributed by atoms with Gasteiger partial charge in [-0.05, 0) is 0 Å². The molecular formula is C7H6N4S. The van der Waals surface area contributed by atoms with Crippen LogP contribution in [0.4, 0.5) is 5.00 Å². The first-order chi connectivity index (χ1) is 5.95. The number of amidine groups is 1. The van der Waals surface area contributed by atoms with E-state index in [0.717, 1.165) is 29.6 Å². The lowest BCUT2D eigenvalue weighted by Crippen LogP contribution is -2.29. The molecule has 3 heterocycles. The van der Waals surface area contributed by atoms with E-state index in [-0.39, 0.29) is 0 Å². The third kappa shape index (κ3) is 0.687. The summed E-state index contributed by atoms with van der Waals surface area (Å²) in [6.07, 6.45) is 1.84. The Labute approximate surface area is 73.3 Å². The van der Waals surface area contributed by atoms with Crippen LogP contribution in [0.15, 0.2) is 15.5 Å². The van der Waals surface area contributed by atoms with E-state index in [4.69, 9.17) is 0 Å².